The number of rotatable bonds is 8. The standard InChI is InChI=1S/C19H29NO11/c1-9(28-11(3)22)16(30-13(5)24)17-15(20-10(2)21)14(29-12(4)23)8-19(27-7,31-17)18(25)26-6/h9,14-17H,8H2,1-7H3,(H,20,21)/t9-,14-,15-,16-,17?,19+/m1/s1. The van der Waals surface area contributed by atoms with Gasteiger partial charge in [0, 0.05) is 34.8 Å². The molecule has 1 heterocycles. The number of carbonyl (C=O) groups excluding carboxylic acids is 5. The minimum atomic E-state index is -2.05. The summed E-state index contributed by atoms with van der Waals surface area (Å²) in [6, 6.07) is -1.09. The summed E-state index contributed by atoms with van der Waals surface area (Å²) in [6.07, 6.45) is -5.17. The van der Waals surface area contributed by atoms with Gasteiger partial charge in [-0.1, -0.05) is 0 Å². The van der Waals surface area contributed by atoms with Crippen molar-refractivity contribution < 1.29 is 52.4 Å². The van der Waals surface area contributed by atoms with Crippen LogP contribution in [0.5, 0.6) is 0 Å². The SMILES string of the molecule is COC(=O)[C@]1(OC)C[C@@H](OC(C)=O)[C@@H](NC(C)=O)C([C@H](OC(C)=O)[C@@H](C)OC(C)=O)O1. The molecule has 0 aromatic heterocycles. The topological polar surface area (TPSA) is 153 Å². The maximum Gasteiger partial charge on any atom is 0.366 e. The summed E-state index contributed by atoms with van der Waals surface area (Å²) in [7, 11) is 2.28. The van der Waals surface area contributed by atoms with Crippen LogP contribution < -0.4 is 5.32 Å². The lowest BCUT2D eigenvalue weighted by Crippen LogP contribution is -2.68. The molecule has 1 N–H and O–H groups in total. The van der Waals surface area contributed by atoms with Gasteiger partial charge < -0.3 is 33.7 Å². The average Bonchev–Trinajstić information content (AvgIpc) is 2.65. The average molecular weight is 447 g/mol. The highest BCUT2D eigenvalue weighted by atomic mass is 16.7. The van der Waals surface area contributed by atoms with E-state index in [4.69, 9.17) is 28.4 Å². The summed E-state index contributed by atoms with van der Waals surface area (Å²) < 4.78 is 31.8. The third kappa shape index (κ3) is 6.89. The number of carbonyl (C=O) groups is 5. The predicted octanol–water partition coefficient (Wildman–Crippen LogP) is -0.389. The molecule has 0 aromatic carbocycles. The molecule has 0 bridgehead atoms. The molecule has 1 saturated heterocycles. The van der Waals surface area contributed by atoms with Crippen LogP contribution in [0.4, 0.5) is 0 Å². The molecule has 1 aliphatic heterocycles. The molecule has 31 heavy (non-hydrogen) atoms. The zero-order valence-corrected chi connectivity index (χ0v) is 18.6. The molecule has 1 aliphatic rings. The van der Waals surface area contributed by atoms with E-state index in [-0.39, 0.29) is 6.42 Å². The lowest BCUT2D eigenvalue weighted by molar-refractivity contribution is -0.306. The fourth-order valence-electron chi connectivity index (χ4n) is 3.41. The van der Waals surface area contributed by atoms with Gasteiger partial charge in [0.25, 0.3) is 5.79 Å². The Kier molecular flexibility index (Phi) is 9.38. The Labute approximate surface area is 179 Å². The number of hydrogen-bond donors (Lipinski definition) is 1. The third-order valence-electron chi connectivity index (χ3n) is 4.50. The summed E-state index contributed by atoms with van der Waals surface area (Å²) in [4.78, 5) is 59.4. The van der Waals surface area contributed by atoms with Crippen molar-refractivity contribution in [3.63, 3.8) is 0 Å². The first-order valence-corrected chi connectivity index (χ1v) is 9.47. The van der Waals surface area contributed by atoms with Crippen molar-refractivity contribution >= 4 is 29.8 Å². The van der Waals surface area contributed by atoms with Gasteiger partial charge in [-0.2, -0.15) is 0 Å². The van der Waals surface area contributed by atoms with Gasteiger partial charge in [0.15, 0.2) is 6.10 Å². The van der Waals surface area contributed by atoms with E-state index in [0.717, 1.165) is 27.9 Å². The molecule has 12 heteroatoms. The molecule has 0 aliphatic carbocycles. The Morgan fingerprint density at radius 1 is 0.968 bits per heavy atom. The summed E-state index contributed by atoms with van der Waals surface area (Å²) in [5.41, 5.74) is 0. The van der Waals surface area contributed by atoms with Crippen LogP contribution in [0.2, 0.25) is 0 Å². The van der Waals surface area contributed by atoms with E-state index < -0.39 is 66.0 Å². The first-order valence-electron chi connectivity index (χ1n) is 9.47. The zero-order valence-electron chi connectivity index (χ0n) is 18.6. The second-order valence-corrected chi connectivity index (χ2v) is 7.00. The maximum atomic E-state index is 12.5. The van der Waals surface area contributed by atoms with Crippen LogP contribution in [-0.4, -0.2) is 80.2 Å². The van der Waals surface area contributed by atoms with Crippen LogP contribution in [0, 0.1) is 0 Å². The molecule has 12 nitrogen and oxygen atoms in total. The quantitative estimate of drug-likeness (QED) is 0.382. The van der Waals surface area contributed by atoms with Crippen molar-refractivity contribution in [1.29, 1.82) is 0 Å². The van der Waals surface area contributed by atoms with Crippen LogP contribution in [0.1, 0.15) is 41.0 Å². The van der Waals surface area contributed by atoms with Gasteiger partial charge in [-0.25, -0.2) is 4.79 Å². The smallest absolute Gasteiger partial charge is 0.366 e. The molecule has 0 aromatic rings. The van der Waals surface area contributed by atoms with Crippen molar-refractivity contribution in [1.82, 2.24) is 5.32 Å². The fraction of sp³-hybridized carbons (Fsp3) is 0.737. The molecule has 176 valence electrons. The van der Waals surface area contributed by atoms with Gasteiger partial charge >= 0.3 is 23.9 Å². The van der Waals surface area contributed by atoms with Crippen molar-refractivity contribution in [3.05, 3.63) is 0 Å². The second-order valence-electron chi connectivity index (χ2n) is 7.00. The van der Waals surface area contributed by atoms with E-state index >= 15 is 0 Å². The highest BCUT2D eigenvalue weighted by Crippen LogP contribution is 2.36. The van der Waals surface area contributed by atoms with Gasteiger partial charge in [0.2, 0.25) is 5.91 Å². The molecule has 1 amide bonds. The first-order chi connectivity index (χ1) is 14.4. The molecule has 0 radical (unpaired) electrons. The van der Waals surface area contributed by atoms with E-state index in [9.17, 15) is 24.0 Å². The molecular weight excluding hydrogens is 418 g/mol. The van der Waals surface area contributed by atoms with E-state index in [1.807, 2.05) is 0 Å². The summed E-state index contributed by atoms with van der Waals surface area (Å²) in [5, 5.41) is 2.59. The van der Waals surface area contributed by atoms with Gasteiger partial charge in [0.05, 0.1) is 19.6 Å². The van der Waals surface area contributed by atoms with Crippen molar-refractivity contribution in [2.45, 2.75) is 77.3 Å². The Morgan fingerprint density at radius 2 is 1.55 bits per heavy atom. The molecule has 6 atom stereocenters. The fourth-order valence-corrected chi connectivity index (χ4v) is 3.41. The third-order valence-corrected chi connectivity index (χ3v) is 4.50. The first kappa shape index (κ1) is 26.3. The highest BCUT2D eigenvalue weighted by Gasteiger charge is 2.58. The minimum Gasteiger partial charge on any atom is -0.465 e. The molecule has 1 unspecified atom stereocenters. The summed E-state index contributed by atoms with van der Waals surface area (Å²) >= 11 is 0. The zero-order chi connectivity index (χ0) is 23.9. The molecular formula is C19H29NO11. The molecule has 1 rings (SSSR count). The summed E-state index contributed by atoms with van der Waals surface area (Å²) in [6.45, 7) is 6.08. The van der Waals surface area contributed by atoms with Crippen molar-refractivity contribution in [2.75, 3.05) is 14.2 Å². The second kappa shape index (κ2) is 11.0. The Hall–Kier alpha value is -2.73. The van der Waals surface area contributed by atoms with Gasteiger partial charge in [0.1, 0.15) is 18.3 Å². The lowest BCUT2D eigenvalue weighted by atomic mass is 9.88. The Bertz CT molecular complexity index is 691. The van der Waals surface area contributed by atoms with E-state index in [1.165, 1.54) is 21.0 Å². The minimum absolute atomic E-state index is 0.327. The van der Waals surface area contributed by atoms with E-state index in [1.54, 1.807) is 0 Å². The Morgan fingerprint density at radius 3 is 1.97 bits per heavy atom. The number of nitrogens with one attached hydrogen (secondary N) is 1. The number of amides is 1. The highest BCUT2D eigenvalue weighted by molar-refractivity contribution is 5.78. The van der Waals surface area contributed by atoms with Crippen molar-refractivity contribution in [3.8, 4) is 0 Å². The number of ether oxygens (including phenoxy) is 6. The van der Waals surface area contributed by atoms with Gasteiger partial charge in [-0.05, 0) is 6.92 Å². The molecule has 0 saturated carbocycles. The van der Waals surface area contributed by atoms with Crippen LogP contribution in [0.15, 0.2) is 0 Å². The van der Waals surface area contributed by atoms with Crippen LogP contribution in [0.25, 0.3) is 0 Å². The van der Waals surface area contributed by atoms with Gasteiger partial charge in [-0.3, -0.25) is 19.2 Å². The number of hydrogen-bond acceptors (Lipinski definition) is 11. The molecule has 1 fully saturated rings. The van der Waals surface area contributed by atoms with Crippen LogP contribution >= 0.6 is 0 Å². The van der Waals surface area contributed by atoms with Crippen LogP contribution in [-0.2, 0) is 52.4 Å². The van der Waals surface area contributed by atoms with E-state index in [2.05, 4.69) is 5.32 Å². The van der Waals surface area contributed by atoms with E-state index in [0.29, 0.717) is 0 Å². The Balaban J connectivity index is 3.58. The number of esters is 4. The monoisotopic (exact) mass is 447 g/mol. The summed E-state index contributed by atoms with van der Waals surface area (Å²) in [5.74, 6) is -5.62. The predicted molar refractivity (Wildman–Crippen MR) is 101 cm³/mol. The normalized spacial score (nSPS) is 27.3. The van der Waals surface area contributed by atoms with Crippen molar-refractivity contribution in [2.24, 2.45) is 0 Å². The van der Waals surface area contributed by atoms with Crippen LogP contribution in [0.3, 0.4) is 0 Å². The number of methoxy groups -OCH3 is 2. The maximum absolute atomic E-state index is 12.5. The lowest BCUT2D eigenvalue weighted by Gasteiger charge is -2.48. The largest absolute Gasteiger partial charge is 0.465 e. The van der Waals surface area contributed by atoms with Gasteiger partial charge in [-0.15, -0.1) is 0 Å². The molecule has 0 spiro atoms.